The molecule has 0 saturated carbocycles. The second-order valence-corrected chi connectivity index (χ2v) is 1.83. The molecule has 0 N–H and O–H groups in total. The Hall–Kier alpha value is -0.720. The van der Waals surface area contributed by atoms with Gasteiger partial charge in [0.15, 0.2) is 0 Å². The molecular weight excluding hydrogens is 98.1 g/mol. The molecule has 0 unspecified atom stereocenters. The fraction of sp³-hybridized carbons (Fsp3) is 0.429. The molecule has 0 radical (unpaired) electrons. The zero-order chi connectivity index (χ0) is 6.41. The van der Waals surface area contributed by atoms with Gasteiger partial charge in [-0.2, -0.15) is 0 Å². The van der Waals surface area contributed by atoms with Crippen molar-refractivity contribution in [2.75, 3.05) is 14.1 Å². The maximum absolute atomic E-state index is 2.00. The summed E-state index contributed by atoms with van der Waals surface area (Å²) in [4.78, 5) is 2.00. The molecule has 46 valence electrons. The van der Waals surface area contributed by atoms with Crippen LogP contribution < -0.4 is 0 Å². The smallest absolute Gasteiger partial charge is 0.00556 e. The molecule has 0 aliphatic rings. The van der Waals surface area contributed by atoms with Gasteiger partial charge < -0.3 is 4.90 Å². The fourth-order valence-electron chi connectivity index (χ4n) is 0.333. The van der Waals surface area contributed by atoms with Gasteiger partial charge in [-0.1, -0.05) is 12.2 Å². The third kappa shape index (κ3) is 5.28. The first-order valence-electron chi connectivity index (χ1n) is 2.73. The molecular formula is C7H13N. The molecule has 8 heavy (non-hydrogen) atoms. The summed E-state index contributed by atoms with van der Waals surface area (Å²) in [5.41, 5.74) is 0. The molecule has 1 heteroatoms. The van der Waals surface area contributed by atoms with E-state index in [1.54, 1.807) is 0 Å². The van der Waals surface area contributed by atoms with Crippen molar-refractivity contribution in [1.82, 2.24) is 4.90 Å². The average molecular weight is 111 g/mol. The van der Waals surface area contributed by atoms with Crippen LogP contribution >= 0.6 is 0 Å². The number of hydrogen-bond donors (Lipinski definition) is 0. The van der Waals surface area contributed by atoms with Crippen LogP contribution in [0.15, 0.2) is 24.4 Å². The lowest BCUT2D eigenvalue weighted by atomic mass is 10.5. The fourth-order valence-corrected chi connectivity index (χ4v) is 0.333. The van der Waals surface area contributed by atoms with Crippen molar-refractivity contribution in [1.29, 1.82) is 0 Å². The first-order chi connectivity index (χ1) is 3.77. The summed E-state index contributed by atoms with van der Waals surface area (Å²) in [6.07, 6.45) is 8.00. The standard InChI is InChI=1S/C7H13N/c1-4-5-6-7-8(2)3/h4-7H,1-3H3/b5-4-,7-6-. The number of allylic oxidation sites excluding steroid dienone is 3. The normalized spacial score (nSPS) is 11.4. The van der Waals surface area contributed by atoms with Crippen LogP contribution in [0, 0.1) is 0 Å². The molecule has 0 aromatic heterocycles. The van der Waals surface area contributed by atoms with E-state index >= 15 is 0 Å². The van der Waals surface area contributed by atoms with E-state index in [1.165, 1.54) is 0 Å². The Bertz CT molecular complexity index is 90.6. The Morgan fingerprint density at radius 2 is 1.75 bits per heavy atom. The van der Waals surface area contributed by atoms with Gasteiger partial charge >= 0.3 is 0 Å². The van der Waals surface area contributed by atoms with Crippen molar-refractivity contribution >= 4 is 0 Å². The van der Waals surface area contributed by atoms with Crippen molar-refractivity contribution in [3.63, 3.8) is 0 Å². The van der Waals surface area contributed by atoms with E-state index in [0.29, 0.717) is 0 Å². The lowest BCUT2D eigenvalue weighted by Crippen LogP contribution is -1.99. The zero-order valence-electron chi connectivity index (χ0n) is 5.76. The molecule has 0 aromatic rings. The zero-order valence-corrected chi connectivity index (χ0v) is 5.76. The molecule has 0 rings (SSSR count). The molecule has 0 aromatic carbocycles. The monoisotopic (exact) mass is 111 g/mol. The van der Waals surface area contributed by atoms with E-state index in [1.807, 2.05) is 50.3 Å². The van der Waals surface area contributed by atoms with Gasteiger partial charge in [0, 0.05) is 14.1 Å². The van der Waals surface area contributed by atoms with Gasteiger partial charge in [0.1, 0.15) is 0 Å². The molecule has 0 saturated heterocycles. The van der Waals surface area contributed by atoms with E-state index in [2.05, 4.69) is 0 Å². The van der Waals surface area contributed by atoms with Crippen molar-refractivity contribution in [3.8, 4) is 0 Å². The second-order valence-electron chi connectivity index (χ2n) is 1.83. The molecule has 0 bridgehead atoms. The van der Waals surface area contributed by atoms with Gasteiger partial charge in [0.2, 0.25) is 0 Å². The Balaban J connectivity index is 3.34. The van der Waals surface area contributed by atoms with E-state index in [0.717, 1.165) is 0 Å². The van der Waals surface area contributed by atoms with E-state index in [4.69, 9.17) is 0 Å². The molecule has 0 heterocycles. The summed E-state index contributed by atoms with van der Waals surface area (Å²) < 4.78 is 0. The molecule has 0 amide bonds. The lowest BCUT2D eigenvalue weighted by Gasteiger charge is -2.00. The molecule has 0 aliphatic carbocycles. The van der Waals surface area contributed by atoms with Crippen LogP contribution in [-0.4, -0.2) is 19.0 Å². The minimum atomic E-state index is 2.00. The topological polar surface area (TPSA) is 3.24 Å². The van der Waals surface area contributed by atoms with Gasteiger partial charge in [-0.15, -0.1) is 0 Å². The molecule has 0 fully saturated rings. The van der Waals surface area contributed by atoms with Gasteiger partial charge in [-0.25, -0.2) is 0 Å². The number of nitrogens with zero attached hydrogens (tertiary/aromatic N) is 1. The summed E-state index contributed by atoms with van der Waals surface area (Å²) in [7, 11) is 4.00. The summed E-state index contributed by atoms with van der Waals surface area (Å²) in [6.45, 7) is 2.00. The maximum Gasteiger partial charge on any atom is 0.00556 e. The van der Waals surface area contributed by atoms with Crippen LogP contribution in [0.5, 0.6) is 0 Å². The van der Waals surface area contributed by atoms with E-state index in [-0.39, 0.29) is 0 Å². The highest BCUT2D eigenvalue weighted by molar-refractivity contribution is 4.99. The third-order valence-corrected chi connectivity index (χ3v) is 0.688. The lowest BCUT2D eigenvalue weighted by molar-refractivity contribution is 0.564. The third-order valence-electron chi connectivity index (χ3n) is 0.688. The van der Waals surface area contributed by atoms with Crippen LogP contribution in [-0.2, 0) is 0 Å². The summed E-state index contributed by atoms with van der Waals surface area (Å²) in [5.74, 6) is 0. The Kier molecular flexibility index (Phi) is 4.04. The largest absolute Gasteiger partial charge is 0.383 e. The molecule has 0 spiro atoms. The van der Waals surface area contributed by atoms with Gasteiger partial charge in [0.25, 0.3) is 0 Å². The summed E-state index contributed by atoms with van der Waals surface area (Å²) >= 11 is 0. The van der Waals surface area contributed by atoms with Crippen molar-refractivity contribution in [3.05, 3.63) is 24.4 Å². The molecule has 0 atom stereocenters. The Morgan fingerprint density at radius 3 is 2.12 bits per heavy atom. The average Bonchev–Trinajstić information content (AvgIpc) is 1.66. The van der Waals surface area contributed by atoms with Crippen LogP contribution in [0.3, 0.4) is 0 Å². The SMILES string of the molecule is C/C=C\C=C/N(C)C. The number of rotatable bonds is 2. The van der Waals surface area contributed by atoms with Gasteiger partial charge in [-0.3, -0.25) is 0 Å². The van der Waals surface area contributed by atoms with Crippen molar-refractivity contribution in [2.45, 2.75) is 6.92 Å². The summed E-state index contributed by atoms with van der Waals surface area (Å²) in [5, 5.41) is 0. The summed E-state index contributed by atoms with van der Waals surface area (Å²) in [6, 6.07) is 0. The quantitative estimate of drug-likeness (QED) is 0.490. The Labute approximate surface area is 51.3 Å². The molecule has 0 aliphatic heterocycles. The minimum Gasteiger partial charge on any atom is -0.383 e. The Morgan fingerprint density at radius 1 is 1.12 bits per heavy atom. The van der Waals surface area contributed by atoms with Gasteiger partial charge in [-0.05, 0) is 19.2 Å². The highest BCUT2D eigenvalue weighted by atomic mass is 15.0. The minimum absolute atomic E-state index is 2.00. The van der Waals surface area contributed by atoms with E-state index in [9.17, 15) is 0 Å². The number of hydrogen-bond acceptors (Lipinski definition) is 1. The highest BCUT2D eigenvalue weighted by Gasteiger charge is 1.68. The van der Waals surface area contributed by atoms with Crippen LogP contribution in [0.1, 0.15) is 6.92 Å². The maximum atomic E-state index is 2.00. The van der Waals surface area contributed by atoms with Crippen LogP contribution in [0.25, 0.3) is 0 Å². The second kappa shape index (κ2) is 4.44. The predicted molar refractivity (Wildman–Crippen MR) is 37.6 cm³/mol. The van der Waals surface area contributed by atoms with Crippen molar-refractivity contribution in [2.24, 2.45) is 0 Å². The molecule has 1 nitrogen and oxygen atoms in total. The van der Waals surface area contributed by atoms with Crippen LogP contribution in [0.2, 0.25) is 0 Å². The first-order valence-corrected chi connectivity index (χ1v) is 2.73. The van der Waals surface area contributed by atoms with Crippen LogP contribution in [0.4, 0.5) is 0 Å². The van der Waals surface area contributed by atoms with Gasteiger partial charge in [0.05, 0.1) is 0 Å². The first kappa shape index (κ1) is 7.28. The van der Waals surface area contributed by atoms with Crippen molar-refractivity contribution < 1.29 is 0 Å². The predicted octanol–water partition coefficient (Wildman–Crippen LogP) is 1.64. The van der Waals surface area contributed by atoms with E-state index < -0.39 is 0 Å². The highest BCUT2D eigenvalue weighted by Crippen LogP contribution is 1.78.